The topological polar surface area (TPSA) is 78.0 Å². The summed E-state index contributed by atoms with van der Waals surface area (Å²) in [6.45, 7) is 2.54. The normalized spacial score (nSPS) is 15.9. The summed E-state index contributed by atoms with van der Waals surface area (Å²) in [5.74, 6) is 0.479. The summed E-state index contributed by atoms with van der Waals surface area (Å²) in [5, 5.41) is 21.0. The minimum atomic E-state index is -0.503. The second kappa shape index (κ2) is 7.82. The molecule has 3 aromatic heterocycles. The highest BCUT2D eigenvalue weighted by Gasteiger charge is 2.39. The number of para-hydroxylation sites is 1. The first kappa shape index (κ1) is 20.3. The fourth-order valence-corrected chi connectivity index (χ4v) is 4.33. The van der Waals surface area contributed by atoms with Gasteiger partial charge >= 0.3 is 0 Å². The smallest absolute Gasteiger partial charge is 0.241 e. The van der Waals surface area contributed by atoms with Gasteiger partial charge in [-0.25, -0.2) is 4.68 Å². The lowest BCUT2D eigenvalue weighted by atomic mass is 10.1. The average molecular weight is 458 g/mol. The maximum Gasteiger partial charge on any atom is 0.241 e. The van der Waals surface area contributed by atoms with E-state index in [1.54, 1.807) is 18.6 Å². The zero-order valence-electron chi connectivity index (χ0n) is 16.9. The molecule has 0 saturated heterocycles. The van der Waals surface area contributed by atoms with E-state index < -0.39 is 11.7 Å². The van der Waals surface area contributed by atoms with Gasteiger partial charge in [-0.15, -0.1) is 5.10 Å². The van der Waals surface area contributed by atoms with Crippen molar-refractivity contribution >= 4 is 34.1 Å². The molecule has 1 aliphatic carbocycles. The van der Waals surface area contributed by atoms with E-state index in [4.69, 9.17) is 33.0 Å². The van der Waals surface area contributed by atoms with E-state index in [1.807, 2.05) is 46.7 Å². The molecule has 1 fully saturated rings. The molecular weight excluding hydrogens is 437 g/mol. The molecule has 31 heavy (non-hydrogen) atoms. The first-order valence-electron chi connectivity index (χ1n) is 10.1. The fourth-order valence-electron chi connectivity index (χ4n) is 3.66. The fraction of sp³-hybridized carbons (Fsp3) is 0.318. The molecule has 1 unspecified atom stereocenters. The van der Waals surface area contributed by atoms with Gasteiger partial charge in [-0.05, 0) is 38.3 Å². The van der Waals surface area contributed by atoms with Crippen molar-refractivity contribution in [1.29, 1.82) is 0 Å². The third-order valence-corrected chi connectivity index (χ3v) is 6.24. The first-order chi connectivity index (χ1) is 14.9. The van der Waals surface area contributed by atoms with Gasteiger partial charge in [-0.1, -0.05) is 35.3 Å². The number of hydrogen-bond acceptors (Lipinski definition) is 5. The standard InChI is InChI=1S/C22H21Cl2N5O2/c1-14(20-17(23)11-25-12-18(20)24)31-21-16-4-2-3-5-19(16)29(27-21)15-10-26-28(13-15)9-8-22(30)6-7-22/h2-5,10-14,30H,6-9H2,1H3. The molecule has 0 amide bonds. The van der Waals surface area contributed by atoms with E-state index in [0.717, 1.165) is 29.4 Å². The van der Waals surface area contributed by atoms with Crippen molar-refractivity contribution in [2.45, 2.75) is 44.4 Å². The molecule has 0 aliphatic heterocycles. The number of hydrogen-bond donors (Lipinski definition) is 1. The van der Waals surface area contributed by atoms with Crippen LogP contribution < -0.4 is 4.74 Å². The molecule has 160 valence electrons. The van der Waals surface area contributed by atoms with Crippen molar-refractivity contribution in [3.63, 3.8) is 0 Å². The van der Waals surface area contributed by atoms with Gasteiger partial charge in [0.2, 0.25) is 5.88 Å². The van der Waals surface area contributed by atoms with Gasteiger partial charge in [-0.3, -0.25) is 9.67 Å². The van der Waals surface area contributed by atoms with Crippen LogP contribution in [-0.2, 0) is 6.54 Å². The number of rotatable bonds is 7. The largest absolute Gasteiger partial charge is 0.468 e. The van der Waals surface area contributed by atoms with Gasteiger partial charge in [0, 0.05) is 24.5 Å². The van der Waals surface area contributed by atoms with Crippen molar-refractivity contribution in [1.82, 2.24) is 24.5 Å². The third-order valence-electron chi connectivity index (χ3n) is 5.64. The van der Waals surface area contributed by atoms with Crippen molar-refractivity contribution in [3.8, 4) is 11.6 Å². The molecule has 1 saturated carbocycles. The maximum absolute atomic E-state index is 10.1. The number of pyridine rings is 1. The summed E-state index contributed by atoms with van der Waals surface area (Å²) in [6, 6.07) is 7.84. The molecule has 0 bridgehead atoms. The molecule has 0 spiro atoms. The summed E-state index contributed by atoms with van der Waals surface area (Å²) in [7, 11) is 0. The Labute approximate surface area is 189 Å². The van der Waals surface area contributed by atoms with Crippen LogP contribution in [0.1, 0.15) is 37.9 Å². The van der Waals surface area contributed by atoms with E-state index in [1.165, 1.54) is 0 Å². The predicted octanol–water partition coefficient (Wildman–Crippen LogP) is 4.98. The molecule has 9 heteroatoms. The summed E-state index contributed by atoms with van der Waals surface area (Å²) in [4.78, 5) is 4.00. The van der Waals surface area contributed by atoms with Crippen LogP contribution in [0.5, 0.6) is 5.88 Å². The number of benzene rings is 1. The van der Waals surface area contributed by atoms with E-state index in [-0.39, 0.29) is 0 Å². The molecular formula is C22H21Cl2N5O2. The predicted molar refractivity (Wildman–Crippen MR) is 119 cm³/mol. The van der Waals surface area contributed by atoms with E-state index in [2.05, 4.69) is 10.1 Å². The quantitative estimate of drug-likeness (QED) is 0.423. The van der Waals surface area contributed by atoms with Gasteiger partial charge in [0.25, 0.3) is 0 Å². The highest BCUT2D eigenvalue weighted by Crippen LogP contribution is 2.39. The van der Waals surface area contributed by atoms with Crippen LogP contribution in [0.15, 0.2) is 49.1 Å². The van der Waals surface area contributed by atoms with Crippen molar-refractivity contribution in [2.24, 2.45) is 0 Å². The third kappa shape index (κ3) is 4.01. The Balaban J connectivity index is 1.45. The number of aryl methyl sites for hydroxylation is 1. The van der Waals surface area contributed by atoms with Crippen LogP contribution in [0.3, 0.4) is 0 Å². The Kier molecular flexibility index (Phi) is 5.12. The minimum absolute atomic E-state index is 0.420. The van der Waals surface area contributed by atoms with E-state index in [9.17, 15) is 5.11 Å². The number of aliphatic hydroxyl groups is 1. The second-order valence-electron chi connectivity index (χ2n) is 7.95. The first-order valence-corrected chi connectivity index (χ1v) is 10.9. The monoisotopic (exact) mass is 457 g/mol. The van der Waals surface area contributed by atoms with Gasteiger partial charge in [-0.2, -0.15) is 5.10 Å². The molecule has 3 heterocycles. The zero-order valence-corrected chi connectivity index (χ0v) is 18.4. The highest BCUT2D eigenvalue weighted by molar-refractivity contribution is 6.35. The van der Waals surface area contributed by atoms with Crippen molar-refractivity contribution < 1.29 is 9.84 Å². The van der Waals surface area contributed by atoms with Crippen LogP contribution in [0.25, 0.3) is 16.6 Å². The number of aromatic nitrogens is 5. The number of halogens is 2. The maximum atomic E-state index is 10.1. The van der Waals surface area contributed by atoms with Gasteiger partial charge < -0.3 is 9.84 Å². The summed E-state index contributed by atoms with van der Waals surface area (Å²) < 4.78 is 9.84. The molecule has 5 rings (SSSR count). The molecule has 1 aromatic carbocycles. The lowest BCUT2D eigenvalue weighted by Crippen LogP contribution is -2.11. The summed E-state index contributed by atoms with van der Waals surface area (Å²) in [5.41, 5.74) is 1.89. The molecule has 0 radical (unpaired) electrons. The summed E-state index contributed by atoms with van der Waals surface area (Å²) >= 11 is 12.6. The van der Waals surface area contributed by atoms with Crippen LogP contribution in [0.4, 0.5) is 0 Å². The number of ether oxygens (including phenoxy) is 1. The Morgan fingerprint density at radius 1 is 1.16 bits per heavy atom. The van der Waals surface area contributed by atoms with Gasteiger partial charge in [0.1, 0.15) is 11.8 Å². The Bertz CT molecular complexity index is 1230. The van der Waals surface area contributed by atoms with Crippen LogP contribution in [0.2, 0.25) is 10.0 Å². The van der Waals surface area contributed by atoms with Gasteiger partial charge in [0.05, 0.1) is 38.9 Å². The van der Waals surface area contributed by atoms with E-state index >= 15 is 0 Å². The number of nitrogens with zero attached hydrogens (tertiary/aromatic N) is 5. The minimum Gasteiger partial charge on any atom is -0.468 e. The van der Waals surface area contributed by atoms with Gasteiger partial charge in [0.15, 0.2) is 0 Å². The number of fused-ring (bicyclic) bond motifs is 1. The Hall–Kier alpha value is -2.61. The van der Waals surface area contributed by atoms with Crippen LogP contribution in [0, 0.1) is 0 Å². The van der Waals surface area contributed by atoms with E-state index in [0.29, 0.717) is 34.5 Å². The Morgan fingerprint density at radius 2 is 1.90 bits per heavy atom. The second-order valence-corrected chi connectivity index (χ2v) is 8.76. The zero-order chi connectivity index (χ0) is 21.6. The Morgan fingerprint density at radius 3 is 2.65 bits per heavy atom. The molecule has 4 aromatic rings. The molecule has 1 atom stereocenters. The van der Waals surface area contributed by atoms with Crippen LogP contribution >= 0.6 is 23.2 Å². The average Bonchev–Trinajstić information content (AvgIpc) is 3.16. The van der Waals surface area contributed by atoms with Crippen molar-refractivity contribution in [2.75, 3.05) is 0 Å². The highest BCUT2D eigenvalue weighted by atomic mass is 35.5. The summed E-state index contributed by atoms with van der Waals surface area (Å²) in [6.07, 6.45) is 8.81. The lowest BCUT2D eigenvalue weighted by Gasteiger charge is -2.15. The molecule has 1 N–H and O–H groups in total. The van der Waals surface area contributed by atoms with Crippen molar-refractivity contribution in [3.05, 3.63) is 64.7 Å². The lowest BCUT2D eigenvalue weighted by molar-refractivity contribution is 0.132. The SMILES string of the molecule is CC(Oc1nn(-c2cnn(CCC3(O)CC3)c2)c2ccccc12)c1c(Cl)cncc1Cl. The molecule has 1 aliphatic rings. The molecule has 7 nitrogen and oxygen atoms in total. The van der Waals surface area contributed by atoms with Crippen LogP contribution in [-0.4, -0.2) is 35.3 Å².